The number of fused-ring (bicyclic) bond motifs is 2. The summed E-state index contributed by atoms with van der Waals surface area (Å²) >= 11 is 0. The average molecular weight is 563 g/mol. The first-order valence-electron chi connectivity index (χ1n) is 15.5. The highest BCUT2D eigenvalue weighted by Gasteiger charge is 2.43. The van der Waals surface area contributed by atoms with Crippen molar-refractivity contribution in [2.75, 3.05) is 0 Å². The third-order valence-corrected chi connectivity index (χ3v) is 8.62. The lowest BCUT2D eigenvalue weighted by molar-refractivity contribution is 0.159. The molecule has 0 aliphatic heterocycles. The lowest BCUT2D eigenvalue weighted by Crippen LogP contribution is -2.32. The monoisotopic (exact) mass is 562 g/mol. The summed E-state index contributed by atoms with van der Waals surface area (Å²) in [6.07, 6.45) is 8.27. The summed E-state index contributed by atoms with van der Waals surface area (Å²) in [6, 6.07) is 13.3. The maximum absolute atomic E-state index is 12.6. The molecule has 2 N–H and O–H groups in total. The summed E-state index contributed by atoms with van der Waals surface area (Å²) in [5.74, 6) is 0.141. The molecule has 0 amide bonds. The Labute approximate surface area is 245 Å². The number of hydrogen-bond acceptors (Lipinski definition) is 6. The second-order valence-electron chi connectivity index (χ2n) is 12.1. The first-order valence-corrected chi connectivity index (χ1v) is 15.5. The highest BCUT2D eigenvalue weighted by molar-refractivity contribution is 5.55. The molecular formula is C34H50N4O3. The summed E-state index contributed by atoms with van der Waals surface area (Å²) < 4.78 is 7.58. The number of aromatic nitrogens is 2. The molecule has 2 atom stereocenters. The molecule has 5 rings (SSSR count). The van der Waals surface area contributed by atoms with E-state index in [1.54, 1.807) is 0 Å². The van der Waals surface area contributed by atoms with Crippen molar-refractivity contribution >= 4 is 0 Å². The molecule has 3 aromatic rings. The van der Waals surface area contributed by atoms with Gasteiger partial charge in [0.1, 0.15) is 5.54 Å². The van der Waals surface area contributed by atoms with Crippen molar-refractivity contribution in [3.63, 3.8) is 0 Å². The van der Waals surface area contributed by atoms with Crippen LogP contribution in [0.25, 0.3) is 0 Å². The third kappa shape index (κ3) is 6.88. The molecule has 1 saturated carbocycles. The van der Waals surface area contributed by atoms with Gasteiger partial charge in [-0.15, -0.1) is 4.91 Å². The summed E-state index contributed by atoms with van der Waals surface area (Å²) in [5.41, 5.74) is 10.6. The Bertz CT molecular complexity index is 1360. The number of aryl methyl sites for hydroxylation is 3. The molecule has 0 saturated heterocycles. The molecule has 0 radical (unpaired) electrons. The number of benzene rings is 2. The van der Waals surface area contributed by atoms with E-state index in [9.17, 15) is 9.70 Å². The van der Waals surface area contributed by atoms with Crippen molar-refractivity contribution in [2.45, 2.75) is 130 Å². The van der Waals surface area contributed by atoms with Gasteiger partial charge >= 0.3 is 5.76 Å². The molecule has 0 bridgehead atoms. The summed E-state index contributed by atoms with van der Waals surface area (Å²) in [7, 11) is 0. The molecule has 2 aliphatic rings. The van der Waals surface area contributed by atoms with Gasteiger partial charge in [0.15, 0.2) is 5.82 Å². The van der Waals surface area contributed by atoms with Crippen molar-refractivity contribution in [2.24, 2.45) is 10.9 Å². The molecule has 2 aliphatic carbocycles. The van der Waals surface area contributed by atoms with E-state index in [1.807, 2.05) is 45.4 Å². The first kappa shape index (κ1) is 32.5. The van der Waals surface area contributed by atoms with Gasteiger partial charge in [-0.3, -0.25) is 0 Å². The fraction of sp³-hybridized carbons (Fsp3) is 0.588. The molecule has 2 aromatic carbocycles. The maximum Gasteiger partial charge on any atom is 0.459 e. The van der Waals surface area contributed by atoms with Crippen LogP contribution in [0.4, 0.5) is 0 Å². The standard InChI is InChI=1S/C28H33N3O3.C4H11N.C2H6/c1-18-10-14-23-19(16-18)11-12-20-17-21(27(2,3)30-33)13-15-24(20)28(23,4)25-29-26(32)34-31(25)22-8-6-5-7-9-22;1-3-4(2)5;1-2/h10,13-17,22H,5-9,11-12H2,1-4H3;4H,3,5H2,1-2H3;1-2H3/t;4-;/m.1./s1. The van der Waals surface area contributed by atoms with Crippen LogP contribution in [0, 0.1) is 11.8 Å². The van der Waals surface area contributed by atoms with E-state index in [0.29, 0.717) is 11.9 Å². The van der Waals surface area contributed by atoms with E-state index in [-0.39, 0.29) is 6.04 Å². The van der Waals surface area contributed by atoms with Crippen molar-refractivity contribution in [1.29, 1.82) is 0 Å². The van der Waals surface area contributed by atoms with Gasteiger partial charge in [0.05, 0.1) is 11.5 Å². The third-order valence-electron chi connectivity index (χ3n) is 8.62. The minimum absolute atomic E-state index is 0.147. The Hall–Kier alpha value is -3.06. The Morgan fingerprint density at radius 2 is 1.63 bits per heavy atom. The quantitative estimate of drug-likeness (QED) is 0.319. The fourth-order valence-electron chi connectivity index (χ4n) is 5.97. The molecule has 41 heavy (non-hydrogen) atoms. The van der Waals surface area contributed by atoms with Gasteiger partial charge < -0.3 is 10.3 Å². The van der Waals surface area contributed by atoms with Gasteiger partial charge in [-0.05, 0) is 94.5 Å². The smallest absolute Gasteiger partial charge is 0.328 e. The zero-order valence-corrected chi connectivity index (χ0v) is 26.4. The number of hydrogen-bond donors (Lipinski definition) is 1. The SMILES string of the molecule is CC.CC[C@@H](C)N.Cc1ccc2c(c1)CCc1cc(C(C)(C)N=O)ccc1C2(C)c1nc(=O)on1C1CCCCC1. The number of nitrogens with two attached hydrogens (primary N) is 1. The summed E-state index contributed by atoms with van der Waals surface area (Å²) in [4.78, 5) is 28.6. The van der Waals surface area contributed by atoms with Crippen LogP contribution in [0.5, 0.6) is 0 Å². The van der Waals surface area contributed by atoms with Gasteiger partial charge in [0.2, 0.25) is 0 Å². The molecule has 224 valence electrons. The second kappa shape index (κ2) is 13.7. The predicted octanol–water partition coefficient (Wildman–Crippen LogP) is 7.87. The normalized spacial score (nSPS) is 19.3. The largest absolute Gasteiger partial charge is 0.459 e. The van der Waals surface area contributed by atoms with E-state index >= 15 is 0 Å². The van der Waals surface area contributed by atoms with Gasteiger partial charge in [-0.2, -0.15) is 9.72 Å². The zero-order chi connectivity index (χ0) is 30.4. The molecular weight excluding hydrogens is 512 g/mol. The number of nitroso groups, excluding NO2 is 1. The van der Waals surface area contributed by atoms with Gasteiger partial charge in [-0.1, -0.05) is 87.2 Å². The Balaban J connectivity index is 0.000000598. The minimum atomic E-state index is -0.806. The average Bonchev–Trinajstić information content (AvgIpc) is 3.34. The number of rotatable bonds is 5. The molecule has 1 heterocycles. The summed E-state index contributed by atoms with van der Waals surface area (Å²) in [5, 5.41) is 3.36. The predicted molar refractivity (Wildman–Crippen MR) is 168 cm³/mol. The van der Waals surface area contributed by atoms with E-state index in [0.717, 1.165) is 67.2 Å². The molecule has 1 unspecified atom stereocenters. The van der Waals surface area contributed by atoms with Crippen LogP contribution >= 0.6 is 0 Å². The topological polar surface area (TPSA) is 103 Å². The van der Waals surface area contributed by atoms with Crippen molar-refractivity contribution in [3.05, 3.63) is 91.1 Å². The highest BCUT2D eigenvalue weighted by atomic mass is 16.5. The lowest BCUT2D eigenvalue weighted by Gasteiger charge is -2.34. The van der Waals surface area contributed by atoms with E-state index in [2.05, 4.69) is 61.3 Å². The van der Waals surface area contributed by atoms with E-state index in [4.69, 9.17) is 10.3 Å². The molecule has 7 nitrogen and oxygen atoms in total. The van der Waals surface area contributed by atoms with Crippen LogP contribution in [-0.2, 0) is 23.8 Å². The van der Waals surface area contributed by atoms with E-state index in [1.165, 1.54) is 17.5 Å². The van der Waals surface area contributed by atoms with Crippen LogP contribution in [0.2, 0.25) is 0 Å². The van der Waals surface area contributed by atoms with Crippen molar-refractivity contribution in [3.8, 4) is 0 Å². The van der Waals surface area contributed by atoms with Gasteiger partial charge in [-0.25, -0.2) is 4.79 Å². The molecule has 1 fully saturated rings. The Morgan fingerprint density at radius 3 is 2.20 bits per heavy atom. The van der Waals surface area contributed by atoms with E-state index < -0.39 is 16.7 Å². The number of nitrogens with zero attached hydrogens (tertiary/aromatic N) is 3. The molecule has 7 heteroatoms. The van der Waals surface area contributed by atoms with Crippen LogP contribution in [0.1, 0.15) is 132 Å². The zero-order valence-electron chi connectivity index (χ0n) is 26.4. The van der Waals surface area contributed by atoms with Crippen molar-refractivity contribution < 1.29 is 4.52 Å². The maximum atomic E-state index is 12.6. The lowest BCUT2D eigenvalue weighted by atomic mass is 9.72. The Morgan fingerprint density at radius 1 is 1.07 bits per heavy atom. The van der Waals surface area contributed by atoms with Crippen LogP contribution < -0.4 is 11.5 Å². The minimum Gasteiger partial charge on any atom is -0.328 e. The summed E-state index contributed by atoms with van der Waals surface area (Å²) in [6.45, 7) is 16.0. The van der Waals surface area contributed by atoms with Gasteiger partial charge in [0.25, 0.3) is 0 Å². The van der Waals surface area contributed by atoms with Crippen LogP contribution in [-0.4, -0.2) is 15.8 Å². The van der Waals surface area contributed by atoms with Crippen LogP contribution in [0.15, 0.2) is 50.9 Å². The Kier molecular flexibility index (Phi) is 10.9. The first-order chi connectivity index (χ1) is 19.5. The fourth-order valence-corrected chi connectivity index (χ4v) is 5.97. The van der Waals surface area contributed by atoms with Gasteiger partial charge in [0, 0.05) is 6.04 Å². The second-order valence-corrected chi connectivity index (χ2v) is 12.1. The molecule has 1 aromatic heterocycles. The van der Waals surface area contributed by atoms with Crippen LogP contribution in [0.3, 0.4) is 0 Å². The molecule has 0 spiro atoms. The van der Waals surface area contributed by atoms with Crippen molar-refractivity contribution in [1.82, 2.24) is 9.72 Å². The highest BCUT2D eigenvalue weighted by Crippen LogP contribution is 2.46.